The molecule has 0 aromatic heterocycles. The molecule has 1 N–H and O–H groups in total. The summed E-state index contributed by atoms with van der Waals surface area (Å²) in [5.41, 5.74) is 1.27. The average molecular weight is 262 g/mol. The van der Waals surface area contributed by atoms with Gasteiger partial charge in [0, 0.05) is 25.9 Å². The molecule has 0 bridgehead atoms. The number of hydrogen-bond acceptors (Lipinski definition) is 3. The molecule has 104 valence electrons. The van der Waals surface area contributed by atoms with Crippen LogP contribution in [0.2, 0.25) is 0 Å². The van der Waals surface area contributed by atoms with Gasteiger partial charge in [0.25, 0.3) is 0 Å². The molecule has 1 aromatic rings. The van der Waals surface area contributed by atoms with E-state index in [1.165, 1.54) is 18.4 Å². The first-order valence-electron chi connectivity index (χ1n) is 7.32. The Morgan fingerprint density at radius 2 is 1.74 bits per heavy atom. The highest BCUT2D eigenvalue weighted by Crippen LogP contribution is 2.43. The Balaban J connectivity index is 1.71. The maximum Gasteiger partial charge on any atom is 0.169 e. The fourth-order valence-electron chi connectivity index (χ4n) is 3.27. The monoisotopic (exact) mass is 262 g/mol. The smallest absolute Gasteiger partial charge is 0.169 e. The second-order valence-electron chi connectivity index (χ2n) is 5.63. The third-order valence-corrected chi connectivity index (χ3v) is 4.21. The van der Waals surface area contributed by atoms with E-state index in [-0.39, 0.29) is 24.6 Å². The number of ether oxygens (including phenoxy) is 2. The summed E-state index contributed by atoms with van der Waals surface area (Å²) in [6.45, 7) is 0.162. The molecule has 0 radical (unpaired) electrons. The molecule has 1 heterocycles. The average Bonchev–Trinajstić information content (AvgIpc) is 3.00. The van der Waals surface area contributed by atoms with E-state index in [4.69, 9.17) is 9.47 Å². The van der Waals surface area contributed by atoms with Gasteiger partial charge in [-0.2, -0.15) is 0 Å². The van der Waals surface area contributed by atoms with Gasteiger partial charge in [0.15, 0.2) is 5.79 Å². The fourth-order valence-corrected chi connectivity index (χ4v) is 3.27. The lowest BCUT2D eigenvalue weighted by atomic mass is 10.0. The Labute approximate surface area is 114 Å². The third-order valence-electron chi connectivity index (χ3n) is 4.21. The van der Waals surface area contributed by atoms with Gasteiger partial charge < -0.3 is 14.6 Å². The summed E-state index contributed by atoms with van der Waals surface area (Å²) in [5.74, 6) is -0.348. The molecule has 3 rings (SSSR count). The van der Waals surface area contributed by atoms with Gasteiger partial charge in [-0.1, -0.05) is 30.3 Å². The van der Waals surface area contributed by atoms with E-state index in [0.29, 0.717) is 6.42 Å². The van der Waals surface area contributed by atoms with E-state index >= 15 is 0 Å². The lowest BCUT2D eigenvalue weighted by molar-refractivity contribution is -0.169. The summed E-state index contributed by atoms with van der Waals surface area (Å²) in [6, 6.07) is 10.4. The topological polar surface area (TPSA) is 38.7 Å². The summed E-state index contributed by atoms with van der Waals surface area (Å²) in [5, 5.41) is 9.21. The fraction of sp³-hybridized carbons (Fsp3) is 0.625. The predicted octanol–water partition coefficient (Wildman–Crippen LogP) is 2.67. The van der Waals surface area contributed by atoms with Crippen LogP contribution in [-0.2, 0) is 15.9 Å². The van der Waals surface area contributed by atoms with Gasteiger partial charge in [0.2, 0.25) is 0 Å². The maximum absolute atomic E-state index is 9.21. The van der Waals surface area contributed by atoms with Crippen LogP contribution in [-0.4, -0.2) is 29.7 Å². The van der Waals surface area contributed by atoms with Crippen LogP contribution in [0.4, 0.5) is 0 Å². The molecule has 2 atom stereocenters. The summed E-state index contributed by atoms with van der Waals surface area (Å²) < 4.78 is 12.4. The van der Waals surface area contributed by atoms with Gasteiger partial charge in [0.1, 0.15) is 0 Å². The zero-order chi connectivity index (χ0) is 13.1. The SMILES string of the molecule is OCCC1OC2(CCCC2)OC1Cc1ccccc1. The molecule has 1 saturated carbocycles. The minimum atomic E-state index is -0.348. The van der Waals surface area contributed by atoms with Crippen LogP contribution in [0.3, 0.4) is 0 Å². The van der Waals surface area contributed by atoms with Crippen molar-refractivity contribution in [3.8, 4) is 0 Å². The van der Waals surface area contributed by atoms with Gasteiger partial charge in [-0.25, -0.2) is 0 Å². The summed E-state index contributed by atoms with van der Waals surface area (Å²) in [6.07, 6.45) is 6.01. The molecule has 1 aliphatic carbocycles. The van der Waals surface area contributed by atoms with Crippen molar-refractivity contribution < 1.29 is 14.6 Å². The van der Waals surface area contributed by atoms with Crippen LogP contribution in [0.15, 0.2) is 30.3 Å². The van der Waals surface area contributed by atoms with Crippen molar-refractivity contribution >= 4 is 0 Å². The van der Waals surface area contributed by atoms with Crippen molar-refractivity contribution in [2.75, 3.05) is 6.61 Å². The maximum atomic E-state index is 9.21. The Morgan fingerprint density at radius 1 is 1.05 bits per heavy atom. The molecule has 3 nitrogen and oxygen atoms in total. The van der Waals surface area contributed by atoms with E-state index < -0.39 is 0 Å². The molecule has 1 aromatic carbocycles. The molecular formula is C16H22O3. The van der Waals surface area contributed by atoms with Crippen molar-refractivity contribution in [1.82, 2.24) is 0 Å². The van der Waals surface area contributed by atoms with E-state index in [1.54, 1.807) is 0 Å². The Hall–Kier alpha value is -0.900. The minimum Gasteiger partial charge on any atom is -0.396 e. The Kier molecular flexibility index (Phi) is 3.87. The first kappa shape index (κ1) is 13.1. The van der Waals surface area contributed by atoms with Crippen molar-refractivity contribution in [1.29, 1.82) is 0 Å². The van der Waals surface area contributed by atoms with Crippen molar-refractivity contribution in [2.45, 2.75) is 56.5 Å². The van der Waals surface area contributed by atoms with Crippen molar-refractivity contribution in [3.05, 3.63) is 35.9 Å². The van der Waals surface area contributed by atoms with Crippen LogP contribution in [0, 0.1) is 0 Å². The van der Waals surface area contributed by atoms with Gasteiger partial charge in [-0.3, -0.25) is 0 Å². The van der Waals surface area contributed by atoms with Crippen LogP contribution >= 0.6 is 0 Å². The van der Waals surface area contributed by atoms with Crippen molar-refractivity contribution in [2.24, 2.45) is 0 Å². The number of aliphatic hydroxyl groups is 1. The first-order valence-corrected chi connectivity index (χ1v) is 7.32. The third kappa shape index (κ3) is 2.83. The molecule has 3 heteroatoms. The van der Waals surface area contributed by atoms with E-state index in [9.17, 15) is 5.11 Å². The minimum absolute atomic E-state index is 0.0308. The first-order chi connectivity index (χ1) is 9.31. The molecule has 1 saturated heterocycles. The molecule has 1 aliphatic heterocycles. The van der Waals surface area contributed by atoms with Crippen LogP contribution < -0.4 is 0 Å². The quantitative estimate of drug-likeness (QED) is 0.906. The summed E-state index contributed by atoms with van der Waals surface area (Å²) >= 11 is 0. The van der Waals surface area contributed by atoms with Gasteiger partial charge in [0.05, 0.1) is 12.2 Å². The molecule has 2 unspecified atom stereocenters. The standard InChI is InChI=1S/C16H22O3/c17-11-8-14-15(12-13-6-2-1-3-7-13)19-16(18-14)9-4-5-10-16/h1-3,6-7,14-15,17H,4-5,8-12H2. The highest BCUT2D eigenvalue weighted by atomic mass is 16.8. The van der Waals surface area contributed by atoms with E-state index in [0.717, 1.165) is 19.3 Å². The lowest BCUT2D eigenvalue weighted by Gasteiger charge is -2.22. The van der Waals surface area contributed by atoms with Crippen LogP contribution in [0.5, 0.6) is 0 Å². The van der Waals surface area contributed by atoms with Gasteiger partial charge >= 0.3 is 0 Å². The summed E-state index contributed by atoms with van der Waals surface area (Å²) in [4.78, 5) is 0. The second kappa shape index (κ2) is 5.61. The molecular weight excluding hydrogens is 240 g/mol. The lowest BCUT2D eigenvalue weighted by Crippen LogP contribution is -2.27. The molecule has 2 aliphatic rings. The number of benzene rings is 1. The van der Waals surface area contributed by atoms with E-state index in [2.05, 4.69) is 24.3 Å². The van der Waals surface area contributed by atoms with Crippen molar-refractivity contribution in [3.63, 3.8) is 0 Å². The zero-order valence-corrected chi connectivity index (χ0v) is 11.3. The predicted molar refractivity (Wildman–Crippen MR) is 72.8 cm³/mol. The molecule has 2 fully saturated rings. The second-order valence-corrected chi connectivity index (χ2v) is 5.63. The highest BCUT2D eigenvalue weighted by Gasteiger charge is 2.48. The largest absolute Gasteiger partial charge is 0.396 e. The van der Waals surface area contributed by atoms with Gasteiger partial charge in [-0.15, -0.1) is 0 Å². The Bertz CT molecular complexity index is 398. The zero-order valence-electron chi connectivity index (χ0n) is 11.3. The number of rotatable bonds is 4. The Morgan fingerprint density at radius 3 is 2.42 bits per heavy atom. The highest BCUT2D eigenvalue weighted by molar-refractivity contribution is 5.16. The van der Waals surface area contributed by atoms with Gasteiger partial charge in [-0.05, 0) is 24.8 Å². The summed E-state index contributed by atoms with van der Waals surface area (Å²) in [7, 11) is 0. The molecule has 19 heavy (non-hydrogen) atoms. The van der Waals surface area contributed by atoms with Crippen LogP contribution in [0.1, 0.15) is 37.7 Å². The number of aliphatic hydroxyl groups excluding tert-OH is 1. The molecule has 0 amide bonds. The normalized spacial score (nSPS) is 29.1. The van der Waals surface area contributed by atoms with E-state index in [1.807, 2.05) is 6.07 Å². The van der Waals surface area contributed by atoms with Crippen LogP contribution in [0.25, 0.3) is 0 Å². The number of hydrogen-bond donors (Lipinski definition) is 1. The molecule has 1 spiro atoms.